The van der Waals surface area contributed by atoms with E-state index in [1.54, 1.807) is 0 Å². The van der Waals surface area contributed by atoms with E-state index in [9.17, 15) is 4.79 Å². The monoisotopic (exact) mass is 278 g/mol. The summed E-state index contributed by atoms with van der Waals surface area (Å²) >= 11 is 0. The van der Waals surface area contributed by atoms with Crippen molar-refractivity contribution in [2.45, 2.75) is 57.9 Å². The third kappa shape index (κ3) is 2.88. The summed E-state index contributed by atoms with van der Waals surface area (Å²) in [6.07, 6.45) is 9.15. The number of fused-ring (bicyclic) bond motifs is 2. The number of likely N-dealkylation sites (N-methyl/N-ethyl adjacent to an activating group) is 1. The molecule has 3 fully saturated rings. The largest absolute Gasteiger partial charge is 0.344 e. The minimum Gasteiger partial charge on any atom is -0.344 e. The predicted octanol–water partition coefficient (Wildman–Crippen LogP) is 2.66. The number of amides is 1. The summed E-state index contributed by atoms with van der Waals surface area (Å²) in [6, 6.07) is 0.0808. The van der Waals surface area contributed by atoms with Crippen LogP contribution in [-0.4, -0.2) is 37.0 Å². The lowest BCUT2D eigenvalue weighted by atomic mass is 9.87. The normalized spacial score (nSPS) is 40.0. The van der Waals surface area contributed by atoms with Crippen LogP contribution in [0, 0.1) is 23.7 Å². The van der Waals surface area contributed by atoms with Crippen molar-refractivity contribution in [2.24, 2.45) is 23.7 Å². The molecule has 0 aromatic heterocycles. The number of hydrogen-bond acceptors (Lipinski definition) is 2. The Kier molecular flexibility index (Phi) is 4.34. The van der Waals surface area contributed by atoms with Gasteiger partial charge in [-0.05, 0) is 62.3 Å². The number of rotatable bonds is 4. The highest BCUT2D eigenvalue weighted by molar-refractivity contribution is 5.81. The van der Waals surface area contributed by atoms with Crippen molar-refractivity contribution in [3.05, 3.63) is 0 Å². The van der Waals surface area contributed by atoms with Crippen LogP contribution in [0.5, 0.6) is 0 Å². The fraction of sp³-hybridized carbons (Fsp3) is 0.941. The van der Waals surface area contributed by atoms with Gasteiger partial charge in [0.2, 0.25) is 5.91 Å². The zero-order valence-electron chi connectivity index (χ0n) is 13.1. The van der Waals surface area contributed by atoms with Crippen LogP contribution in [-0.2, 0) is 4.79 Å². The number of carbonyl (C=O) groups is 1. The Morgan fingerprint density at radius 1 is 1.20 bits per heavy atom. The molecule has 1 amide bonds. The van der Waals surface area contributed by atoms with E-state index < -0.39 is 0 Å². The highest BCUT2D eigenvalue weighted by Gasteiger charge is 2.40. The van der Waals surface area contributed by atoms with Gasteiger partial charge in [-0.3, -0.25) is 4.79 Å². The van der Waals surface area contributed by atoms with Gasteiger partial charge in [0.05, 0.1) is 6.04 Å². The standard InChI is InChI=1S/C17H30N2O/c1-3-12-6-7-18-16(10-12)17(20)19(2)11-15-9-13-4-5-14(15)8-13/h12-16,18H,3-11H2,1-2H3. The average Bonchev–Trinajstić information content (AvgIpc) is 3.09. The minimum atomic E-state index is 0.0808. The molecule has 0 spiro atoms. The molecule has 2 aliphatic carbocycles. The summed E-state index contributed by atoms with van der Waals surface area (Å²) in [7, 11) is 2.02. The number of carbonyl (C=O) groups excluding carboxylic acids is 1. The Morgan fingerprint density at radius 3 is 2.70 bits per heavy atom. The van der Waals surface area contributed by atoms with E-state index in [0.717, 1.165) is 43.2 Å². The Balaban J connectivity index is 1.51. The van der Waals surface area contributed by atoms with Crippen LogP contribution < -0.4 is 5.32 Å². The summed E-state index contributed by atoms with van der Waals surface area (Å²) in [5.41, 5.74) is 0. The topological polar surface area (TPSA) is 32.3 Å². The van der Waals surface area contributed by atoms with E-state index in [-0.39, 0.29) is 6.04 Å². The Bertz CT molecular complexity index is 357. The molecule has 3 rings (SSSR count). The molecule has 3 heteroatoms. The molecule has 2 saturated carbocycles. The molecule has 3 aliphatic rings. The maximum Gasteiger partial charge on any atom is 0.239 e. The molecule has 114 valence electrons. The summed E-state index contributed by atoms with van der Waals surface area (Å²) < 4.78 is 0. The Morgan fingerprint density at radius 2 is 2.05 bits per heavy atom. The second-order valence-corrected chi connectivity index (χ2v) is 7.46. The van der Waals surface area contributed by atoms with Crippen molar-refractivity contribution in [1.82, 2.24) is 10.2 Å². The molecule has 0 radical (unpaired) electrons. The zero-order chi connectivity index (χ0) is 14.1. The third-order valence-electron chi connectivity index (χ3n) is 6.16. The van der Waals surface area contributed by atoms with Crippen molar-refractivity contribution >= 4 is 5.91 Å². The van der Waals surface area contributed by atoms with Crippen molar-refractivity contribution < 1.29 is 4.79 Å². The number of nitrogens with one attached hydrogen (secondary N) is 1. The van der Waals surface area contributed by atoms with Gasteiger partial charge >= 0.3 is 0 Å². The average molecular weight is 278 g/mol. The van der Waals surface area contributed by atoms with Gasteiger partial charge in [-0.15, -0.1) is 0 Å². The summed E-state index contributed by atoms with van der Waals surface area (Å²) in [6.45, 7) is 4.25. The smallest absolute Gasteiger partial charge is 0.239 e. The van der Waals surface area contributed by atoms with Crippen LogP contribution in [0.2, 0.25) is 0 Å². The third-order valence-corrected chi connectivity index (χ3v) is 6.16. The van der Waals surface area contributed by atoms with Crippen molar-refractivity contribution in [3.63, 3.8) is 0 Å². The first-order valence-corrected chi connectivity index (χ1v) is 8.65. The molecule has 5 atom stereocenters. The second kappa shape index (κ2) is 6.05. The van der Waals surface area contributed by atoms with Crippen LogP contribution in [0.15, 0.2) is 0 Å². The Hall–Kier alpha value is -0.570. The van der Waals surface area contributed by atoms with Gasteiger partial charge in [-0.1, -0.05) is 19.8 Å². The number of piperidine rings is 1. The molecule has 0 aromatic carbocycles. The zero-order valence-corrected chi connectivity index (χ0v) is 13.1. The van der Waals surface area contributed by atoms with Crippen LogP contribution in [0.4, 0.5) is 0 Å². The summed E-state index contributed by atoms with van der Waals surface area (Å²) in [5.74, 6) is 3.75. The molecule has 20 heavy (non-hydrogen) atoms. The highest BCUT2D eigenvalue weighted by atomic mass is 16.2. The van der Waals surface area contributed by atoms with Crippen LogP contribution in [0.3, 0.4) is 0 Å². The molecule has 1 N–H and O–H groups in total. The quantitative estimate of drug-likeness (QED) is 0.857. The van der Waals surface area contributed by atoms with Gasteiger partial charge in [0, 0.05) is 13.6 Å². The van der Waals surface area contributed by atoms with Crippen LogP contribution in [0.1, 0.15) is 51.9 Å². The molecule has 2 bridgehead atoms. The van der Waals surface area contributed by atoms with E-state index in [0.29, 0.717) is 5.91 Å². The fourth-order valence-electron chi connectivity index (χ4n) is 4.86. The SMILES string of the molecule is CCC1CCNC(C(=O)N(C)CC2CC3CCC2C3)C1. The van der Waals surface area contributed by atoms with Gasteiger partial charge in [0.1, 0.15) is 0 Å². The lowest BCUT2D eigenvalue weighted by Crippen LogP contribution is -2.50. The molecule has 1 aliphatic heterocycles. The minimum absolute atomic E-state index is 0.0808. The van der Waals surface area contributed by atoms with Crippen LogP contribution in [0.25, 0.3) is 0 Å². The maximum absolute atomic E-state index is 12.6. The van der Waals surface area contributed by atoms with E-state index in [4.69, 9.17) is 0 Å². The van der Waals surface area contributed by atoms with E-state index >= 15 is 0 Å². The summed E-state index contributed by atoms with van der Waals surface area (Å²) in [5, 5.41) is 3.43. The molecule has 0 aromatic rings. The Labute approximate surface area is 123 Å². The molecule has 5 unspecified atom stereocenters. The van der Waals surface area contributed by atoms with Gasteiger partial charge in [0.25, 0.3) is 0 Å². The van der Waals surface area contributed by atoms with Crippen LogP contribution >= 0.6 is 0 Å². The molecule has 1 heterocycles. The number of hydrogen-bond donors (Lipinski definition) is 1. The van der Waals surface area contributed by atoms with Gasteiger partial charge in [-0.2, -0.15) is 0 Å². The first-order valence-electron chi connectivity index (χ1n) is 8.65. The number of nitrogens with zero attached hydrogens (tertiary/aromatic N) is 1. The van der Waals surface area contributed by atoms with E-state index in [1.807, 2.05) is 11.9 Å². The van der Waals surface area contributed by atoms with E-state index in [1.165, 1.54) is 38.5 Å². The summed E-state index contributed by atoms with van der Waals surface area (Å²) in [4.78, 5) is 14.6. The van der Waals surface area contributed by atoms with Gasteiger partial charge in [0.15, 0.2) is 0 Å². The van der Waals surface area contributed by atoms with Gasteiger partial charge in [-0.25, -0.2) is 0 Å². The predicted molar refractivity (Wildman–Crippen MR) is 81.4 cm³/mol. The maximum atomic E-state index is 12.6. The van der Waals surface area contributed by atoms with Crippen molar-refractivity contribution in [1.29, 1.82) is 0 Å². The lowest BCUT2D eigenvalue weighted by Gasteiger charge is -2.34. The van der Waals surface area contributed by atoms with E-state index in [2.05, 4.69) is 12.2 Å². The molecular weight excluding hydrogens is 248 g/mol. The fourth-order valence-corrected chi connectivity index (χ4v) is 4.86. The van der Waals surface area contributed by atoms with Gasteiger partial charge < -0.3 is 10.2 Å². The molecule has 1 saturated heterocycles. The first-order chi connectivity index (χ1) is 9.67. The second-order valence-electron chi connectivity index (χ2n) is 7.46. The van der Waals surface area contributed by atoms with Crippen molar-refractivity contribution in [3.8, 4) is 0 Å². The lowest BCUT2D eigenvalue weighted by molar-refractivity contribution is -0.134. The molecule has 3 nitrogen and oxygen atoms in total. The highest BCUT2D eigenvalue weighted by Crippen LogP contribution is 2.48. The molecular formula is C17H30N2O. The first kappa shape index (κ1) is 14.4. The van der Waals surface area contributed by atoms with Crippen molar-refractivity contribution in [2.75, 3.05) is 20.1 Å².